The fourth-order valence-corrected chi connectivity index (χ4v) is 3.51. The van der Waals surface area contributed by atoms with Crippen molar-refractivity contribution in [2.75, 3.05) is 0 Å². The number of carboxylic acid groups (broad SMARTS) is 1. The first-order chi connectivity index (χ1) is 10.0. The molecule has 0 atom stereocenters. The van der Waals surface area contributed by atoms with Gasteiger partial charge in [0.1, 0.15) is 5.82 Å². The summed E-state index contributed by atoms with van der Waals surface area (Å²) in [6, 6.07) is 5.57. The van der Waals surface area contributed by atoms with Crippen molar-refractivity contribution in [3.63, 3.8) is 0 Å². The fraction of sp³-hybridized carbons (Fsp3) is 0.375. The smallest absolute Gasteiger partial charge is 0.314 e. The number of aryl methyl sites for hydroxylation is 1. The van der Waals surface area contributed by atoms with Crippen LogP contribution in [0.15, 0.2) is 30.6 Å². The third kappa shape index (κ3) is 2.23. The summed E-state index contributed by atoms with van der Waals surface area (Å²) in [5.74, 6) is 0.0982. The van der Waals surface area contributed by atoms with Gasteiger partial charge in [0.15, 0.2) is 0 Å². The molecule has 2 aromatic rings. The SMILES string of the molecule is Cc1nccn1-c1ccc(C2(C(=O)O)CCCC2)cc1Cl. The summed E-state index contributed by atoms with van der Waals surface area (Å²) in [7, 11) is 0. The van der Waals surface area contributed by atoms with Crippen molar-refractivity contribution in [2.45, 2.75) is 38.0 Å². The van der Waals surface area contributed by atoms with Gasteiger partial charge in [0, 0.05) is 12.4 Å². The highest BCUT2D eigenvalue weighted by molar-refractivity contribution is 6.32. The average Bonchev–Trinajstić information content (AvgIpc) is 3.08. The number of aromatic nitrogens is 2. The molecule has 1 N–H and O–H groups in total. The molecule has 3 rings (SSSR count). The van der Waals surface area contributed by atoms with E-state index in [9.17, 15) is 9.90 Å². The van der Waals surface area contributed by atoms with E-state index < -0.39 is 11.4 Å². The zero-order valence-electron chi connectivity index (χ0n) is 11.8. The monoisotopic (exact) mass is 304 g/mol. The van der Waals surface area contributed by atoms with Crippen molar-refractivity contribution in [1.29, 1.82) is 0 Å². The van der Waals surface area contributed by atoms with Crippen molar-refractivity contribution in [3.8, 4) is 5.69 Å². The fourth-order valence-electron chi connectivity index (χ4n) is 3.24. The molecule has 4 nitrogen and oxygen atoms in total. The first kappa shape index (κ1) is 14.1. The van der Waals surface area contributed by atoms with Gasteiger partial charge in [0.05, 0.1) is 16.1 Å². The van der Waals surface area contributed by atoms with E-state index in [1.165, 1.54) is 0 Å². The van der Waals surface area contributed by atoms with Gasteiger partial charge < -0.3 is 9.67 Å². The first-order valence-electron chi connectivity index (χ1n) is 7.08. The van der Waals surface area contributed by atoms with Crippen LogP contribution in [0.2, 0.25) is 5.02 Å². The van der Waals surface area contributed by atoms with Gasteiger partial charge in [-0.3, -0.25) is 4.79 Å². The predicted molar refractivity (Wildman–Crippen MR) is 81.1 cm³/mol. The Labute approximate surface area is 128 Å². The van der Waals surface area contributed by atoms with Crippen LogP contribution in [-0.4, -0.2) is 20.6 Å². The van der Waals surface area contributed by atoms with Gasteiger partial charge >= 0.3 is 5.97 Å². The van der Waals surface area contributed by atoms with E-state index in [1.807, 2.05) is 29.8 Å². The van der Waals surface area contributed by atoms with E-state index in [1.54, 1.807) is 12.3 Å². The van der Waals surface area contributed by atoms with Crippen molar-refractivity contribution < 1.29 is 9.90 Å². The van der Waals surface area contributed by atoms with Crippen LogP contribution in [0, 0.1) is 6.92 Å². The first-order valence-corrected chi connectivity index (χ1v) is 7.46. The van der Waals surface area contributed by atoms with E-state index in [2.05, 4.69) is 4.98 Å². The summed E-state index contributed by atoms with van der Waals surface area (Å²) >= 11 is 6.40. The normalized spacial score (nSPS) is 17.0. The Kier molecular flexibility index (Phi) is 3.49. The second-order valence-corrected chi connectivity index (χ2v) is 6.01. The summed E-state index contributed by atoms with van der Waals surface area (Å²) in [6.45, 7) is 1.90. The molecule has 1 aliphatic carbocycles. The van der Waals surface area contributed by atoms with E-state index >= 15 is 0 Å². The quantitative estimate of drug-likeness (QED) is 0.940. The lowest BCUT2D eigenvalue weighted by atomic mass is 9.79. The van der Waals surface area contributed by atoms with Gasteiger partial charge in [0.25, 0.3) is 0 Å². The summed E-state index contributed by atoms with van der Waals surface area (Å²) < 4.78 is 1.90. The predicted octanol–water partition coefficient (Wildman–Crippen LogP) is 3.73. The molecule has 21 heavy (non-hydrogen) atoms. The van der Waals surface area contributed by atoms with Gasteiger partial charge in [-0.25, -0.2) is 4.98 Å². The van der Waals surface area contributed by atoms with Crippen LogP contribution in [0.25, 0.3) is 5.69 Å². The highest BCUT2D eigenvalue weighted by Gasteiger charge is 2.43. The molecule has 1 heterocycles. The van der Waals surface area contributed by atoms with Crippen molar-refractivity contribution in [3.05, 3.63) is 47.0 Å². The van der Waals surface area contributed by atoms with Crippen molar-refractivity contribution >= 4 is 17.6 Å². The van der Waals surface area contributed by atoms with Crippen LogP contribution in [0.4, 0.5) is 0 Å². The molecule has 110 valence electrons. The molecule has 5 heteroatoms. The van der Waals surface area contributed by atoms with Crippen LogP contribution in [0.1, 0.15) is 37.1 Å². The molecule has 1 fully saturated rings. The lowest BCUT2D eigenvalue weighted by molar-refractivity contribution is -0.143. The number of aliphatic carboxylic acids is 1. The van der Waals surface area contributed by atoms with E-state index in [0.717, 1.165) is 29.9 Å². The maximum absolute atomic E-state index is 11.7. The third-order valence-electron chi connectivity index (χ3n) is 4.45. The Morgan fingerprint density at radius 3 is 2.62 bits per heavy atom. The van der Waals surface area contributed by atoms with Gasteiger partial charge in [0.2, 0.25) is 0 Å². The van der Waals surface area contributed by atoms with Gasteiger partial charge in [-0.05, 0) is 37.5 Å². The molecule has 0 unspecified atom stereocenters. The Bertz CT molecular complexity index is 687. The highest BCUT2D eigenvalue weighted by atomic mass is 35.5. The molecule has 1 saturated carbocycles. The molecule has 0 saturated heterocycles. The number of hydrogen-bond donors (Lipinski definition) is 1. The number of carboxylic acids is 1. The minimum Gasteiger partial charge on any atom is -0.481 e. The number of benzene rings is 1. The molecule has 0 bridgehead atoms. The molecule has 0 amide bonds. The van der Waals surface area contributed by atoms with Gasteiger partial charge in [-0.1, -0.05) is 30.5 Å². The summed E-state index contributed by atoms with van der Waals surface area (Å²) in [5, 5.41) is 10.2. The van der Waals surface area contributed by atoms with Crippen LogP contribution in [0.3, 0.4) is 0 Å². The average molecular weight is 305 g/mol. The van der Waals surface area contributed by atoms with Crippen LogP contribution >= 0.6 is 11.6 Å². The number of hydrogen-bond acceptors (Lipinski definition) is 2. The number of nitrogens with zero attached hydrogens (tertiary/aromatic N) is 2. The Morgan fingerprint density at radius 2 is 2.10 bits per heavy atom. The summed E-state index contributed by atoms with van der Waals surface area (Å²) in [5.41, 5.74) is 0.861. The van der Waals surface area contributed by atoms with Crippen LogP contribution < -0.4 is 0 Å². The lowest BCUT2D eigenvalue weighted by Crippen LogP contribution is -2.32. The topological polar surface area (TPSA) is 55.1 Å². The number of imidazole rings is 1. The Hall–Kier alpha value is -1.81. The van der Waals surface area contributed by atoms with E-state index in [4.69, 9.17) is 11.6 Å². The lowest BCUT2D eigenvalue weighted by Gasteiger charge is -2.25. The third-order valence-corrected chi connectivity index (χ3v) is 4.75. The highest BCUT2D eigenvalue weighted by Crippen LogP contribution is 2.42. The standard InChI is InChI=1S/C16H17ClN2O2/c1-11-18-8-9-19(11)14-5-4-12(10-13(14)17)16(15(20)21)6-2-3-7-16/h4-5,8-10H,2-3,6-7H2,1H3,(H,20,21). The summed E-state index contributed by atoms with van der Waals surface area (Å²) in [6.07, 6.45) is 6.83. The van der Waals surface area contributed by atoms with E-state index in [0.29, 0.717) is 17.9 Å². The molecule has 1 aromatic carbocycles. The number of carbonyl (C=O) groups is 1. The molecule has 0 spiro atoms. The van der Waals surface area contributed by atoms with Crippen molar-refractivity contribution in [1.82, 2.24) is 9.55 Å². The zero-order chi connectivity index (χ0) is 15.0. The molecular weight excluding hydrogens is 288 g/mol. The maximum Gasteiger partial charge on any atom is 0.314 e. The Morgan fingerprint density at radius 1 is 1.38 bits per heavy atom. The summed E-state index contributed by atoms with van der Waals surface area (Å²) in [4.78, 5) is 15.9. The molecule has 0 radical (unpaired) electrons. The molecule has 1 aromatic heterocycles. The molecule has 1 aliphatic rings. The maximum atomic E-state index is 11.7. The van der Waals surface area contributed by atoms with Crippen molar-refractivity contribution in [2.24, 2.45) is 0 Å². The van der Waals surface area contributed by atoms with Gasteiger partial charge in [-0.2, -0.15) is 0 Å². The zero-order valence-corrected chi connectivity index (χ0v) is 12.6. The number of halogens is 1. The number of rotatable bonds is 3. The largest absolute Gasteiger partial charge is 0.481 e. The van der Waals surface area contributed by atoms with Crippen LogP contribution in [-0.2, 0) is 10.2 Å². The second kappa shape index (κ2) is 5.19. The molecule has 0 aliphatic heterocycles. The molecular formula is C16H17ClN2O2. The van der Waals surface area contributed by atoms with Crippen LogP contribution in [0.5, 0.6) is 0 Å². The Balaban J connectivity index is 2.06. The minimum atomic E-state index is -0.772. The van der Waals surface area contributed by atoms with E-state index in [-0.39, 0.29) is 0 Å². The second-order valence-electron chi connectivity index (χ2n) is 5.61. The minimum absolute atomic E-state index is 0.557. The van der Waals surface area contributed by atoms with Gasteiger partial charge in [-0.15, -0.1) is 0 Å².